The van der Waals surface area contributed by atoms with Crippen LogP contribution in [0.3, 0.4) is 0 Å². The molecule has 92 valence electrons. The van der Waals surface area contributed by atoms with Gasteiger partial charge in [0.15, 0.2) is 0 Å². The highest BCUT2D eigenvalue weighted by atomic mass is 16.3. The number of carbonyl (C=O) groups is 1. The molecule has 0 unspecified atom stereocenters. The Morgan fingerprint density at radius 1 is 1.17 bits per heavy atom. The van der Waals surface area contributed by atoms with E-state index in [0.717, 1.165) is 23.6 Å². The van der Waals surface area contributed by atoms with E-state index in [1.807, 2.05) is 42.5 Å². The second kappa shape index (κ2) is 4.10. The average Bonchev–Trinajstić information content (AvgIpc) is 3.18. The molecule has 0 saturated heterocycles. The molecule has 1 aliphatic carbocycles. The van der Waals surface area contributed by atoms with Crippen molar-refractivity contribution >= 4 is 16.7 Å². The van der Waals surface area contributed by atoms with Gasteiger partial charge in [0.1, 0.15) is 0 Å². The standard InChI is InChI=1S/C15H15NO2/c17-10-15(7-8-15)16-14(18)13-6-5-11-3-1-2-4-12(11)9-13/h1-6,9,17H,7-8,10H2,(H,16,18). The van der Waals surface area contributed by atoms with Gasteiger partial charge in [-0.1, -0.05) is 30.3 Å². The Morgan fingerprint density at radius 3 is 2.56 bits per heavy atom. The molecule has 3 rings (SSSR count). The van der Waals surface area contributed by atoms with Crippen molar-refractivity contribution in [1.82, 2.24) is 5.32 Å². The molecule has 1 fully saturated rings. The summed E-state index contributed by atoms with van der Waals surface area (Å²) in [6, 6.07) is 13.6. The summed E-state index contributed by atoms with van der Waals surface area (Å²) in [6.45, 7) is 0.0202. The van der Waals surface area contributed by atoms with Crippen molar-refractivity contribution in [2.45, 2.75) is 18.4 Å². The van der Waals surface area contributed by atoms with Crippen LogP contribution in [0.15, 0.2) is 42.5 Å². The van der Waals surface area contributed by atoms with Crippen LogP contribution in [0, 0.1) is 0 Å². The predicted octanol–water partition coefficient (Wildman–Crippen LogP) is 2.09. The molecule has 2 N–H and O–H groups in total. The first-order chi connectivity index (χ1) is 8.72. The molecule has 18 heavy (non-hydrogen) atoms. The van der Waals surface area contributed by atoms with Gasteiger partial charge in [-0.2, -0.15) is 0 Å². The van der Waals surface area contributed by atoms with Gasteiger partial charge < -0.3 is 10.4 Å². The van der Waals surface area contributed by atoms with E-state index in [2.05, 4.69) is 5.32 Å². The first-order valence-corrected chi connectivity index (χ1v) is 6.15. The SMILES string of the molecule is O=C(NC1(CO)CC1)c1ccc2ccccc2c1. The number of aliphatic hydroxyl groups excluding tert-OH is 1. The van der Waals surface area contributed by atoms with Crippen molar-refractivity contribution in [2.75, 3.05) is 6.61 Å². The minimum Gasteiger partial charge on any atom is -0.394 e. The summed E-state index contributed by atoms with van der Waals surface area (Å²) in [4.78, 5) is 12.1. The molecule has 1 amide bonds. The minimum absolute atomic E-state index is 0.0202. The molecule has 0 radical (unpaired) electrons. The average molecular weight is 241 g/mol. The number of amides is 1. The van der Waals surface area contributed by atoms with Gasteiger partial charge in [-0.3, -0.25) is 4.79 Å². The third kappa shape index (κ3) is 1.97. The number of fused-ring (bicyclic) bond motifs is 1. The Hall–Kier alpha value is -1.87. The van der Waals surface area contributed by atoms with Crippen LogP contribution in [0.5, 0.6) is 0 Å². The van der Waals surface area contributed by atoms with Crippen molar-refractivity contribution in [3.63, 3.8) is 0 Å². The summed E-state index contributed by atoms with van der Waals surface area (Å²) in [7, 11) is 0. The van der Waals surface area contributed by atoms with E-state index >= 15 is 0 Å². The molecule has 0 bridgehead atoms. The molecule has 0 aliphatic heterocycles. The molecule has 3 heteroatoms. The molecular weight excluding hydrogens is 226 g/mol. The van der Waals surface area contributed by atoms with Gasteiger partial charge in [-0.05, 0) is 35.7 Å². The molecule has 3 nitrogen and oxygen atoms in total. The maximum atomic E-state index is 12.1. The van der Waals surface area contributed by atoms with Gasteiger partial charge in [0, 0.05) is 5.56 Å². The summed E-state index contributed by atoms with van der Waals surface area (Å²) in [5.41, 5.74) is 0.288. The summed E-state index contributed by atoms with van der Waals surface area (Å²) >= 11 is 0. The third-order valence-electron chi connectivity index (χ3n) is 3.55. The van der Waals surface area contributed by atoms with Gasteiger partial charge in [-0.15, -0.1) is 0 Å². The topological polar surface area (TPSA) is 49.3 Å². The van der Waals surface area contributed by atoms with Crippen LogP contribution < -0.4 is 5.32 Å². The number of benzene rings is 2. The highest BCUT2D eigenvalue weighted by Gasteiger charge is 2.43. The van der Waals surface area contributed by atoms with Crippen molar-refractivity contribution in [3.8, 4) is 0 Å². The second-order valence-electron chi connectivity index (χ2n) is 4.95. The third-order valence-corrected chi connectivity index (χ3v) is 3.55. The van der Waals surface area contributed by atoms with Gasteiger partial charge in [-0.25, -0.2) is 0 Å². The van der Waals surface area contributed by atoms with Crippen LogP contribution in [0.4, 0.5) is 0 Å². The molecule has 1 aliphatic rings. The van der Waals surface area contributed by atoms with Crippen LogP contribution in [0.2, 0.25) is 0 Å². The van der Waals surface area contributed by atoms with E-state index in [0.29, 0.717) is 5.56 Å². The molecule has 2 aromatic carbocycles. The predicted molar refractivity (Wildman–Crippen MR) is 70.5 cm³/mol. The Morgan fingerprint density at radius 2 is 1.89 bits per heavy atom. The number of hydrogen-bond donors (Lipinski definition) is 2. The summed E-state index contributed by atoms with van der Waals surface area (Å²) in [6.07, 6.45) is 1.73. The first kappa shape index (κ1) is 11.2. The van der Waals surface area contributed by atoms with Gasteiger partial charge in [0.05, 0.1) is 12.1 Å². The summed E-state index contributed by atoms with van der Waals surface area (Å²) in [5.74, 6) is -0.104. The maximum absolute atomic E-state index is 12.1. The zero-order chi connectivity index (χ0) is 12.6. The fourth-order valence-electron chi connectivity index (χ4n) is 2.12. The monoisotopic (exact) mass is 241 g/mol. The van der Waals surface area contributed by atoms with E-state index in [1.165, 1.54) is 0 Å². The maximum Gasteiger partial charge on any atom is 0.251 e. The number of carbonyl (C=O) groups excluding carboxylic acids is 1. The molecule has 0 aromatic heterocycles. The molecule has 2 aromatic rings. The minimum atomic E-state index is -0.358. The summed E-state index contributed by atoms with van der Waals surface area (Å²) < 4.78 is 0. The highest BCUT2D eigenvalue weighted by Crippen LogP contribution is 2.34. The second-order valence-corrected chi connectivity index (χ2v) is 4.95. The zero-order valence-electron chi connectivity index (χ0n) is 10.0. The van der Waals surface area contributed by atoms with E-state index < -0.39 is 0 Å². The lowest BCUT2D eigenvalue weighted by Gasteiger charge is -2.14. The Labute approximate surface area is 105 Å². The van der Waals surface area contributed by atoms with Crippen LogP contribution in [-0.2, 0) is 0 Å². The van der Waals surface area contributed by atoms with Crippen LogP contribution >= 0.6 is 0 Å². The van der Waals surface area contributed by atoms with E-state index in [9.17, 15) is 9.90 Å². The normalized spacial score (nSPS) is 16.5. The molecule has 0 spiro atoms. The lowest BCUT2D eigenvalue weighted by molar-refractivity contribution is 0.0907. The number of nitrogens with one attached hydrogen (secondary N) is 1. The largest absolute Gasteiger partial charge is 0.394 e. The molecule has 0 atom stereocenters. The van der Waals surface area contributed by atoms with Gasteiger partial charge >= 0.3 is 0 Å². The van der Waals surface area contributed by atoms with Gasteiger partial charge in [0.25, 0.3) is 5.91 Å². The highest BCUT2D eigenvalue weighted by molar-refractivity contribution is 5.99. The molecular formula is C15H15NO2. The van der Waals surface area contributed by atoms with Crippen molar-refractivity contribution in [2.24, 2.45) is 0 Å². The smallest absolute Gasteiger partial charge is 0.251 e. The fourth-order valence-corrected chi connectivity index (χ4v) is 2.12. The lowest BCUT2D eigenvalue weighted by atomic mass is 10.1. The molecule has 1 saturated carbocycles. The van der Waals surface area contributed by atoms with Crippen molar-refractivity contribution in [3.05, 3.63) is 48.0 Å². The Balaban J connectivity index is 1.87. The van der Waals surface area contributed by atoms with Crippen LogP contribution in [-0.4, -0.2) is 23.2 Å². The Kier molecular flexibility index (Phi) is 2.56. The molecule has 0 heterocycles. The van der Waals surface area contributed by atoms with Crippen molar-refractivity contribution < 1.29 is 9.90 Å². The van der Waals surface area contributed by atoms with Crippen LogP contribution in [0.1, 0.15) is 23.2 Å². The Bertz CT molecular complexity index is 602. The first-order valence-electron chi connectivity index (χ1n) is 6.15. The van der Waals surface area contributed by atoms with Gasteiger partial charge in [0.2, 0.25) is 0 Å². The fraction of sp³-hybridized carbons (Fsp3) is 0.267. The van der Waals surface area contributed by atoms with Crippen LogP contribution in [0.25, 0.3) is 10.8 Å². The van der Waals surface area contributed by atoms with E-state index in [4.69, 9.17) is 0 Å². The van der Waals surface area contributed by atoms with E-state index in [1.54, 1.807) is 0 Å². The van der Waals surface area contributed by atoms with E-state index in [-0.39, 0.29) is 18.1 Å². The number of hydrogen-bond acceptors (Lipinski definition) is 2. The number of rotatable bonds is 3. The van der Waals surface area contributed by atoms with Crippen molar-refractivity contribution in [1.29, 1.82) is 0 Å². The lowest BCUT2D eigenvalue weighted by Crippen LogP contribution is -2.39. The number of aliphatic hydroxyl groups is 1. The zero-order valence-corrected chi connectivity index (χ0v) is 10.0. The summed E-state index contributed by atoms with van der Waals surface area (Å²) in [5, 5.41) is 14.3. The quantitative estimate of drug-likeness (QED) is 0.864.